The van der Waals surface area contributed by atoms with Crippen LogP contribution in [0.5, 0.6) is 0 Å². The molecule has 0 spiro atoms. The van der Waals surface area contributed by atoms with Gasteiger partial charge in [-0.1, -0.05) is 0 Å². The number of nitrogens with zero attached hydrogens (tertiary/aromatic N) is 3. The summed E-state index contributed by atoms with van der Waals surface area (Å²) in [5, 5.41) is 6.82. The van der Waals surface area contributed by atoms with Gasteiger partial charge in [-0.25, -0.2) is 4.79 Å². The Kier molecular flexibility index (Phi) is 2.16. The smallest absolute Gasteiger partial charge is 0.317 e. The normalized spacial score (nSPS) is 16.3. The van der Waals surface area contributed by atoms with Crippen LogP contribution in [0.25, 0.3) is 0 Å². The third-order valence-corrected chi connectivity index (χ3v) is 2.10. The predicted octanol–water partition coefficient (Wildman–Crippen LogP) is -0.0917. The number of aromatic nitrogens is 2. The molecule has 2 heterocycles. The topological polar surface area (TPSA) is 50.2 Å². The number of carbonyl (C=O) groups excluding carboxylic acids is 1. The molecule has 0 aromatic carbocycles. The van der Waals surface area contributed by atoms with Crippen molar-refractivity contribution in [3.8, 4) is 0 Å². The summed E-state index contributed by atoms with van der Waals surface area (Å²) in [7, 11) is 0. The van der Waals surface area contributed by atoms with E-state index in [1.807, 2.05) is 16.9 Å². The molecule has 1 aliphatic rings. The molecule has 13 heavy (non-hydrogen) atoms. The Hall–Kier alpha value is -1.52. The van der Waals surface area contributed by atoms with Crippen LogP contribution in [0.1, 0.15) is 0 Å². The van der Waals surface area contributed by atoms with E-state index in [4.69, 9.17) is 0 Å². The highest BCUT2D eigenvalue weighted by molar-refractivity contribution is 5.76. The van der Waals surface area contributed by atoms with E-state index < -0.39 is 0 Å². The van der Waals surface area contributed by atoms with Crippen LogP contribution in [0.2, 0.25) is 0 Å². The molecule has 2 rings (SSSR count). The number of carbonyl (C=O) groups is 1. The van der Waals surface area contributed by atoms with Crippen LogP contribution in [-0.2, 0) is 6.54 Å². The second-order valence-electron chi connectivity index (χ2n) is 2.99. The van der Waals surface area contributed by atoms with E-state index in [0.717, 1.165) is 26.2 Å². The lowest BCUT2D eigenvalue weighted by atomic mass is 10.5. The number of amides is 2. The van der Waals surface area contributed by atoms with Crippen LogP contribution in [0.3, 0.4) is 0 Å². The summed E-state index contributed by atoms with van der Waals surface area (Å²) < 4.78 is 1.82. The van der Waals surface area contributed by atoms with Crippen LogP contribution in [0.4, 0.5) is 4.79 Å². The maximum atomic E-state index is 11.1. The molecule has 5 heteroatoms. The lowest BCUT2D eigenvalue weighted by Gasteiger charge is -2.13. The van der Waals surface area contributed by atoms with Crippen molar-refractivity contribution < 1.29 is 4.79 Å². The van der Waals surface area contributed by atoms with Gasteiger partial charge in [0.2, 0.25) is 0 Å². The third kappa shape index (κ3) is 1.80. The van der Waals surface area contributed by atoms with Gasteiger partial charge >= 0.3 is 6.03 Å². The molecule has 0 radical (unpaired) electrons. The van der Waals surface area contributed by atoms with Crippen molar-refractivity contribution in [2.75, 3.05) is 19.6 Å². The summed E-state index contributed by atoms with van der Waals surface area (Å²) in [5.74, 6) is 0. The molecule has 1 N–H and O–H groups in total. The first kappa shape index (κ1) is 8.10. The van der Waals surface area contributed by atoms with Crippen molar-refractivity contribution in [1.29, 1.82) is 0 Å². The summed E-state index contributed by atoms with van der Waals surface area (Å²) in [6.07, 6.45) is 3.64. The lowest BCUT2D eigenvalue weighted by Crippen LogP contribution is -2.31. The van der Waals surface area contributed by atoms with Crippen molar-refractivity contribution >= 4 is 6.03 Å². The van der Waals surface area contributed by atoms with Gasteiger partial charge < -0.3 is 10.2 Å². The number of hydrogen-bond acceptors (Lipinski definition) is 2. The minimum atomic E-state index is 0.0344. The van der Waals surface area contributed by atoms with Crippen molar-refractivity contribution in [3.63, 3.8) is 0 Å². The molecule has 2 amide bonds. The molecule has 0 aliphatic carbocycles. The Morgan fingerprint density at radius 3 is 3.08 bits per heavy atom. The molecule has 70 valence electrons. The van der Waals surface area contributed by atoms with Gasteiger partial charge in [-0.3, -0.25) is 4.68 Å². The molecule has 1 fully saturated rings. The van der Waals surface area contributed by atoms with Crippen LogP contribution in [-0.4, -0.2) is 40.3 Å². The van der Waals surface area contributed by atoms with E-state index in [1.165, 1.54) is 0 Å². The summed E-state index contributed by atoms with van der Waals surface area (Å²) in [5.41, 5.74) is 0. The van der Waals surface area contributed by atoms with Gasteiger partial charge in [-0.15, -0.1) is 0 Å². The van der Waals surface area contributed by atoms with Gasteiger partial charge in [-0.05, 0) is 6.07 Å². The number of hydrogen-bond donors (Lipinski definition) is 1. The molecule has 1 aromatic heterocycles. The van der Waals surface area contributed by atoms with E-state index in [1.54, 1.807) is 11.1 Å². The maximum absolute atomic E-state index is 11.1. The Labute approximate surface area is 76.3 Å². The van der Waals surface area contributed by atoms with Crippen LogP contribution in [0, 0.1) is 0 Å². The van der Waals surface area contributed by atoms with Gasteiger partial charge in [0.1, 0.15) is 0 Å². The van der Waals surface area contributed by atoms with Gasteiger partial charge in [0.15, 0.2) is 0 Å². The second-order valence-corrected chi connectivity index (χ2v) is 2.99. The summed E-state index contributed by atoms with van der Waals surface area (Å²) in [6.45, 7) is 3.06. The SMILES string of the molecule is O=C1NCCN1CCn1cccn1. The zero-order valence-electron chi connectivity index (χ0n) is 7.31. The minimum absolute atomic E-state index is 0.0344. The Bertz CT molecular complexity index is 282. The van der Waals surface area contributed by atoms with Crippen molar-refractivity contribution in [2.24, 2.45) is 0 Å². The molecular formula is C8H12N4O. The second kappa shape index (κ2) is 3.47. The Morgan fingerprint density at radius 2 is 2.46 bits per heavy atom. The van der Waals surface area contributed by atoms with Crippen LogP contribution < -0.4 is 5.32 Å². The molecular weight excluding hydrogens is 168 g/mol. The van der Waals surface area contributed by atoms with Crippen LogP contribution in [0.15, 0.2) is 18.5 Å². The van der Waals surface area contributed by atoms with Crippen molar-refractivity contribution in [3.05, 3.63) is 18.5 Å². The molecule has 1 aliphatic heterocycles. The summed E-state index contributed by atoms with van der Waals surface area (Å²) >= 11 is 0. The van der Waals surface area contributed by atoms with E-state index in [2.05, 4.69) is 10.4 Å². The molecule has 0 atom stereocenters. The number of rotatable bonds is 3. The average molecular weight is 180 g/mol. The zero-order chi connectivity index (χ0) is 9.10. The fraction of sp³-hybridized carbons (Fsp3) is 0.500. The minimum Gasteiger partial charge on any atom is -0.336 e. The largest absolute Gasteiger partial charge is 0.336 e. The monoisotopic (exact) mass is 180 g/mol. The predicted molar refractivity (Wildman–Crippen MR) is 47.2 cm³/mol. The molecule has 0 bridgehead atoms. The van der Waals surface area contributed by atoms with Crippen molar-refractivity contribution in [1.82, 2.24) is 20.0 Å². The summed E-state index contributed by atoms with van der Waals surface area (Å²) in [6, 6.07) is 1.91. The van der Waals surface area contributed by atoms with Gasteiger partial charge in [0.25, 0.3) is 0 Å². The van der Waals surface area contributed by atoms with E-state index >= 15 is 0 Å². The molecule has 0 saturated carbocycles. The summed E-state index contributed by atoms with van der Waals surface area (Å²) in [4.78, 5) is 12.9. The quantitative estimate of drug-likeness (QED) is 0.706. The molecule has 1 aromatic rings. The zero-order valence-corrected chi connectivity index (χ0v) is 7.31. The van der Waals surface area contributed by atoms with Crippen LogP contribution >= 0.6 is 0 Å². The fourth-order valence-corrected chi connectivity index (χ4v) is 1.38. The highest BCUT2D eigenvalue weighted by atomic mass is 16.2. The highest BCUT2D eigenvalue weighted by Crippen LogP contribution is 1.96. The highest BCUT2D eigenvalue weighted by Gasteiger charge is 2.18. The standard InChI is InChI=1S/C8H12N4O/c13-8-9-3-5-11(8)6-7-12-4-1-2-10-12/h1-2,4H,3,5-7H2,(H,9,13). The maximum Gasteiger partial charge on any atom is 0.317 e. The van der Waals surface area contributed by atoms with E-state index in [-0.39, 0.29) is 6.03 Å². The number of urea groups is 1. The van der Waals surface area contributed by atoms with Gasteiger partial charge in [0.05, 0.1) is 6.54 Å². The first-order valence-electron chi connectivity index (χ1n) is 4.36. The Balaban J connectivity index is 1.82. The molecule has 1 saturated heterocycles. The third-order valence-electron chi connectivity index (χ3n) is 2.10. The van der Waals surface area contributed by atoms with E-state index in [9.17, 15) is 4.79 Å². The van der Waals surface area contributed by atoms with Gasteiger partial charge in [-0.2, -0.15) is 5.10 Å². The fourth-order valence-electron chi connectivity index (χ4n) is 1.38. The van der Waals surface area contributed by atoms with E-state index in [0.29, 0.717) is 0 Å². The Morgan fingerprint density at radius 1 is 1.54 bits per heavy atom. The first-order valence-corrected chi connectivity index (χ1v) is 4.36. The lowest BCUT2D eigenvalue weighted by molar-refractivity contribution is 0.215. The first-order chi connectivity index (χ1) is 6.36. The molecule has 5 nitrogen and oxygen atoms in total. The molecule has 0 unspecified atom stereocenters. The average Bonchev–Trinajstić information content (AvgIpc) is 2.72. The van der Waals surface area contributed by atoms with Crippen molar-refractivity contribution in [2.45, 2.75) is 6.54 Å². The van der Waals surface area contributed by atoms with Gasteiger partial charge in [0, 0.05) is 32.0 Å². The number of nitrogens with one attached hydrogen (secondary N) is 1.